The fourth-order valence-electron chi connectivity index (χ4n) is 4.28. The number of unbranched alkanes of at least 4 members (excludes halogenated alkanes) is 9. The Morgan fingerprint density at radius 2 is 1.59 bits per heavy atom. The van der Waals surface area contributed by atoms with Crippen LogP contribution in [0.2, 0.25) is 0 Å². The lowest BCUT2D eigenvalue weighted by atomic mass is 10.1. The number of para-hydroxylation sites is 1. The Kier molecular flexibility index (Phi) is 14.1. The Morgan fingerprint density at radius 3 is 2.32 bits per heavy atom. The molecule has 1 atom stereocenters. The van der Waals surface area contributed by atoms with Gasteiger partial charge in [-0.2, -0.15) is 0 Å². The van der Waals surface area contributed by atoms with E-state index >= 15 is 0 Å². The topological polar surface area (TPSA) is 57.2 Å². The number of esters is 1. The molecule has 2 N–H and O–H groups in total. The molecule has 0 radical (unpaired) electrons. The van der Waals surface area contributed by atoms with Crippen LogP contribution in [0.3, 0.4) is 0 Å². The number of benzene rings is 1. The first-order valence-corrected chi connectivity index (χ1v) is 13.4. The number of nitrogens with zero attached hydrogens (tertiary/aromatic N) is 1. The number of aryl methyl sites for hydroxylation is 1. The van der Waals surface area contributed by atoms with Gasteiger partial charge in [-0.15, -0.1) is 0 Å². The zero-order chi connectivity index (χ0) is 24.4. The van der Waals surface area contributed by atoms with Gasteiger partial charge in [0.25, 0.3) is 0 Å². The number of rotatable bonds is 18. The van der Waals surface area contributed by atoms with Crippen molar-refractivity contribution in [3.05, 3.63) is 60.3 Å². The fraction of sp³-hybridized carbons (Fsp3) is 0.567. The van der Waals surface area contributed by atoms with Gasteiger partial charge in [0, 0.05) is 30.6 Å². The highest BCUT2D eigenvalue weighted by Gasteiger charge is 2.18. The molecule has 0 amide bonds. The minimum atomic E-state index is -0.615. The molecular formula is C30H46N2O2. The maximum Gasteiger partial charge on any atom is 0.323 e. The number of allylic oxidation sites excluding steroid dienone is 4. The van der Waals surface area contributed by atoms with Gasteiger partial charge >= 0.3 is 5.97 Å². The molecule has 4 heteroatoms. The lowest BCUT2D eigenvalue weighted by molar-refractivity contribution is -0.145. The maximum atomic E-state index is 12.3. The van der Waals surface area contributed by atoms with Crippen LogP contribution >= 0.6 is 0 Å². The van der Waals surface area contributed by atoms with Crippen molar-refractivity contribution in [2.24, 2.45) is 12.8 Å². The van der Waals surface area contributed by atoms with Crippen LogP contribution in [0.25, 0.3) is 10.9 Å². The van der Waals surface area contributed by atoms with Gasteiger partial charge in [-0.1, -0.05) is 88.0 Å². The molecule has 0 fully saturated rings. The van der Waals surface area contributed by atoms with Gasteiger partial charge in [0.1, 0.15) is 6.04 Å². The molecule has 2 aromatic rings. The number of fused-ring (bicyclic) bond motifs is 1. The van der Waals surface area contributed by atoms with Crippen LogP contribution < -0.4 is 5.73 Å². The summed E-state index contributed by atoms with van der Waals surface area (Å²) < 4.78 is 7.50. The first-order chi connectivity index (χ1) is 16.6. The minimum Gasteiger partial charge on any atom is -0.465 e. The van der Waals surface area contributed by atoms with Crippen molar-refractivity contribution < 1.29 is 9.53 Å². The van der Waals surface area contributed by atoms with E-state index in [9.17, 15) is 4.79 Å². The average Bonchev–Trinajstić information content (AvgIpc) is 3.16. The molecule has 0 saturated carbocycles. The monoisotopic (exact) mass is 466 g/mol. The van der Waals surface area contributed by atoms with Gasteiger partial charge in [-0.25, -0.2) is 0 Å². The van der Waals surface area contributed by atoms with Gasteiger partial charge in [0.2, 0.25) is 0 Å². The third-order valence-electron chi connectivity index (χ3n) is 6.31. The van der Waals surface area contributed by atoms with Gasteiger partial charge < -0.3 is 15.0 Å². The quantitative estimate of drug-likeness (QED) is 0.141. The number of ether oxygens (including phenoxy) is 1. The average molecular weight is 467 g/mol. The van der Waals surface area contributed by atoms with Crippen LogP contribution in [0.5, 0.6) is 0 Å². The van der Waals surface area contributed by atoms with Crippen molar-refractivity contribution in [2.45, 2.75) is 96.4 Å². The Labute approximate surface area is 207 Å². The summed E-state index contributed by atoms with van der Waals surface area (Å²) in [6, 6.07) is 7.57. The Morgan fingerprint density at radius 1 is 0.941 bits per heavy atom. The van der Waals surface area contributed by atoms with E-state index in [0.717, 1.165) is 35.7 Å². The molecule has 4 nitrogen and oxygen atoms in total. The second-order valence-corrected chi connectivity index (χ2v) is 9.34. The van der Waals surface area contributed by atoms with Crippen LogP contribution in [0, 0.1) is 0 Å². The van der Waals surface area contributed by atoms with Crippen molar-refractivity contribution in [1.82, 2.24) is 4.57 Å². The molecular weight excluding hydrogens is 420 g/mol. The van der Waals surface area contributed by atoms with Crippen LogP contribution in [0.15, 0.2) is 54.8 Å². The van der Waals surface area contributed by atoms with E-state index in [-0.39, 0.29) is 5.97 Å². The predicted octanol–water partition coefficient (Wildman–Crippen LogP) is 7.40. The number of nitrogens with two attached hydrogens (primary N) is 1. The third-order valence-corrected chi connectivity index (χ3v) is 6.31. The highest BCUT2D eigenvalue weighted by Crippen LogP contribution is 2.21. The summed E-state index contributed by atoms with van der Waals surface area (Å²) in [5, 5.41) is 1.15. The third kappa shape index (κ3) is 10.7. The highest BCUT2D eigenvalue weighted by atomic mass is 16.5. The number of hydrogen-bond donors (Lipinski definition) is 1. The highest BCUT2D eigenvalue weighted by molar-refractivity contribution is 5.85. The molecule has 0 saturated heterocycles. The number of carbonyl (C=O) groups is 1. The zero-order valence-electron chi connectivity index (χ0n) is 21.5. The summed E-state index contributed by atoms with van der Waals surface area (Å²) in [4.78, 5) is 12.3. The molecule has 0 aliphatic heterocycles. The number of aromatic nitrogens is 1. The van der Waals surface area contributed by atoms with Gasteiger partial charge in [-0.05, 0) is 50.2 Å². The summed E-state index contributed by atoms with van der Waals surface area (Å²) in [7, 11) is 2.02. The number of hydrogen-bond acceptors (Lipinski definition) is 3. The van der Waals surface area contributed by atoms with Crippen molar-refractivity contribution in [1.29, 1.82) is 0 Å². The first-order valence-electron chi connectivity index (χ1n) is 13.4. The Bertz CT molecular complexity index is 881. The molecule has 0 aliphatic rings. The molecule has 0 spiro atoms. The fourth-order valence-corrected chi connectivity index (χ4v) is 4.28. The molecule has 188 valence electrons. The SMILES string of the molecule is CCCCC/C=C\C/C=C\CCCCCCCCOC(=O)[C@H](N)Cc1cn(C)c2ccccc12. The second-order valence-electron chi connectivity index (χ2n) is 9.34. The molecule has 0 unspecified atom stereocenters. The largest absolute Gasteiger partial charge is 0.465 e. The van der Waals surface area contributed by atoms with E-state index in [4.69, 9.17) is 10.5 Å². The van der Waals surface area contributed by atoms with Crippen molar-refractivity contribution in [2.75, 3.05) is 6.61 Å². The summed E-state index contributed by atoms with van der Waals surface area (Å²) in [5.41, 5.74) is 8.37. The van der Waals surface area contributed by atoms with E-state index in [1.165, 1.54) is 57.8 Å². The minimum absolute atomic E-state index is 0.296. The second kappa shape index (κ2) is 17.2. The van der Waals surface area contributed by atoms with Crippen LogP contribution in [-0.4, -0.2) is 23.2 Å². The summed E-state index contributed by atoms with van der Waals surface area (Å²) in [5.74, 6) is -0.296. The molecule has 1 aromatic carbocycles. The van der Waals surface area contributed by atoms with Crippen LogP contribution in [0.4, 0.5) is 0 Å². The Balaban J connectivity index is 1.45. The predicted molar refractivity (Wildman–Crippen MR) is 145 cm³/mol. The summed E-state index contributed by atoms with van der Waals surface area (Å²) in [6.07, 6.45) is 26.2. The molecule has 0 aliphatic carbocycles. The maximum absolute atomic E-state index is 12.3. The van der Waals surface area contributed by atoms with Gasteiger partial charge in [0.15, 0.2) is 0 Å². The van der Waals surface area contributed by atoms with Crippen molar-refractivity contribution in [3.8, 4) is 0 Å². The van der Waals surface area contributed by atoms with Gasteiger partial charge in [-0.3, -0.25) is 4.79 Å². The van der Waals surface area contributed by atoms with E-state index in [2.05, 4.69) is 54.1 Å². The van der Waals surface area contributed by atoms with E-state index in [1.807, 2.05) is 19.2 Å². The summed E-state index contributed by atoms with van der Waals surface area (Å²) >= 11 is 0. The smallest absolute Gasteiger partial charge is 0.323 e. The molecule has 0 bridgehead atoms. The van der Waals surface area contributed by atoms with Crippen molar-refractivity contribution >= 4 is 16.9 Å². The lowest BCUT2D eigenvalue weighted by Crippen LogP contribution is -2.34. The summed E-state index contributed by atoms with van der Waals surface area (Å²) in [6.45, 7) is 2.71. The first kappa shape index (κ1) is 27.9. The molecule has 1 aromatic heterocycles. The van der Waals surface area contributed by atoms with E-state index in [1.54, 1.807) is 0 Å². The van der Waals surface area contributed by atoms with Gasteiger partial charge in [0.05, 0.1) is 6.61 Å². The molecule has 1 heterocycles. The van der Waals surface area contributed by atoms with E-state index < -0.39 is 6.04 Å². The van der Waals surface area contributed by atoms with E-state index in [0.29, 0.717) is 13.0 Å². The van der Waals surface area contributed by atoms with Crippen molar-refractivity contribution in [3.63, 3.8) is 0 Å². The van der Waals surface area contributed by atoms with Crippen LogP contribution in [-0.2, 0) is 23.0 Å². The molecule has 34 heavy (non-hydrogen) atoms. The van der Waals surface area contributed by atoms with Crippen LogP contribution in [0.1, 0.15) is 89.5 Å². The lowest BCUT2D eigenvalue weighted by Gasteiger charge is -2.11. The standard InChI is InChI=1S/C30H46N2O2/c1-3-4-5-6-7-8-9-10-11-12-13-14-15-16-17-20-23-34-30(33)28(31)24-26-25-32(2)29-22-19-18-21-27(26)29/h7-8,10-11,18-19,21-22,25,28H,3-6,9,12-17,20,23-24,31H2,1-2H3/b8-7-,11-10-/t28-/m1/s1. The normalized spacial score (nSPS) is 12.8. The Hall–Kier alpha value is -2.33. The molecule has 2 rings (SSSR count). The number of carbonyl (C=O) groups excluding carboxylic acids is 1. The zero-order valence-corrected chi connectivity index (χ0v) is 21.5.